The van der Waals surface area contributed by atoms with Crippen LogP contribution < -0.4 is 5.76 Å². The number of hydrogen-bond donors (Lipinski definition) is 0. The number of rotatable bonds is 4. The molecule has 2 heterocycles. The highest BCUT2D eigenvalue weighted by Gasteiger charge is 2.10. The maximum Gasteiger partial charge on any atom is 0.437 e. The smallest absolute Gasteiger partial charge is 0.388 e. The van der Waals surface area contributed by atoms with Crippen molar-refractivity contribution in [3.05, 3.63) is 59.1 Å². The predicted molar refractivity (Wildman–Crippen MR) is 68.4 cm³/mol. The van der Waals surface area contributed by atoms with Gasteiger partial charge in [-0.3, -0.25) is 4.68 Å². The highest BCUT2D eigenvalue weighted by Crippen LogP contribution is 2.15. The molecule has 0 aliphatic rings. The Morgan fingerprint density at radius 3 is 2.70 bits per heavy atom. The first kappa shape index (κ1) is 12.3. The molecule has 0 aliphatic carbocycles. The van der Waals surface area contributed by atoms with Gasteiger partial charge in [-0.1, -0.05) is 0 Å². The SMILES string of the molecule is O=c1oc(-c2ccc(F)cc2)nn1CCn1cccn1. The van der Waals surface area contributed by atoms with Gasteiger partial charge < -0.3 is 4.42 Å². The number of benzene rings is 1. The quantitative estimate of drug-likeness (QED) is 0.723. The molecule has 102 valence electrons. The fourth-order valence-corrected chi connectivity index (χ4v) is 1.79. The van der Waals surface area contributed by atoms with E-state index in [1.165, 1.54) is 28.9 Å². The Labute approximate surface area is 113 Å². The lowest BCUT2D eigenvalue weighted by Crippen LogP contribution is -2.19. The second kappa shape index (κ2) is 5.12. The van der Waals surface area contributed by atoms with Crippen molar-refractivity contribution in [1.29, 1.82) is 0 Å². The second-order valence-electron chi connectivity index (χ2n) is 4.17. The molecular weight excluding hydrogens is 263 g/mol. The van der Waals surface area contributed by atoms with Gasteiger partial charge in [0.25, 0.3) is 0 Å². The standard InChI is InChI=1S/C13H11FN4O2/c14-11-4-2-10(3-5-11)12-16-18(13(19)20-12)9-8-17-7-1-6-15-17/h1-7H,8-9H2. The Hall–Kier alpha value is -2.70. The van der Waals surface area contributed by atoms with Crippen LogP contribution in [0.4, 0.5) is 4.39 Å². The number of aromatic nitrogens is 4. The largest absolute Gasteiger partial charge is 0.437 e. The van der Waals surface area contributed by atoms with E-state index in [-0.39, 0.29) is 11.7 Å². The molecule has 0 fully saturated rings. The van der Waals surface area contributed by atoms with E-state index in [1.54, 1.807) is 23.1 Å². The summed E-state index contributed by atoms with van der Waals surface area (Å²) in [5.74, 6) is -0.721. The minimum Gasteiger partial charge on any atom is -0.388 e. The monoisotopic (exact) mass is 274 g/mol. The van der Waals surface area contributed by atoms with Crippen LogP contribution in [0, 0.1) is 5.82 Å². The first-order valence-corrected chi connectivity index (χ1v) is 6.04. The van der Waals surface area contributed by atoms with E-state index >= 15 is 0 Å². The number of nitrogens with zero attached hydrogens (tertiary/aromatic N) is 4. The van der Waals surface area contributed by atoms with Gasteiger partial charge in [0.15, 0.2) is 0 Å². The van der Waals surface area contributed by atoms with E-state index in [2.05, 4.69) is 10.2 Å². The number of hydrogen-bond acceptors (Lipinski definition) is 4. The molecule has 0 aliphatic heterocycles. The van der Waals surface area contributed by atoms with Gasteiger partial charge in [-0.25, -0.2) is 9.18 Å². The summed E-state index contributed by atoms with van der Waals surface area (Å²) in [6.07, 6.45) is 3.46. The average molecular weight is 274 g/mol. The maximum atomic E-state index is 12.8. The van der Waals surface area contributed by atoms with Crippen molar-refractivity contribution in [1.82, 2.24) is 19.6 Å². The van der Waals surface area contributed by atoms with Gasteiger partial charge in [-0.15, -0.1) is 5.10 Å². The first-order valence-electron chi connectivity index (χ1n) is 6.04. The summed E-state index contributed by atoms with van der Waals surface area (Å²) in [6.45, 7) is 0.869. The fourth-order valence-electron chi connectivity index (χ4n) is 1.79. The molecule has 0 saturated carbocycles. The number of aryl methyl sites for hydroxylation is 2. The average Bonchev–Trinajstić information content (AvgIpc) is 3.07. The van der Waals surface area contributed by atoms with Crippen molar-refractivity contribution in [3.63, 3.8) is 0 Å². The van der Waals surface area contributed by atoms with Crippen molar-refractivity contribution in [2.45, 2.75) is 13.1 Å². The normalized spacial score (nSPS) is 10.8. The molecule has 20 heavy (non-hydrogen) atoms. The summed E-state index contributed by atoms with van der Waals surface area (Å²) >= 11 is 0. The minimum absolute atomic E-state index is 0.176. The van der Waals surface area contributed by atoms with Crippen molar-refractivity contribution in [3.8, 4) is 11.5 Å². The van der Waals surface area contributed by atoms with Gasteiger partial charge in [-0.2, -0.15) is 9.78 Å². The molecule has 0 radical (unpaired) electrons. The summed E-state index contributed by atoms with van der Waals surface area (Å²) in [6, 6.07) is 7.41. The zero-order valence-corrected chi connectivity index (χ0v) is 10.4. The van der Waals surface area contributed by atoms with Crippen molar-refractivity contribution in [2.24, 2.45) is 0 Å². The lowest BCUT2D eigenvalue weighted by molar-refractivity contribution is 0.447. The van der Waals surface area contributed by atoms with Gasteiger partial charge in [0.2, 0.25) is 5.89 Å². The Bertz CT molecular complexity index is 744. The molecule has 0 unspecified atom stereocenters. The van der Waals surface area contributed by atoms with E-state index in [1.807, 2.05) is 0 Å². The van der Waals surface area contributed by atoms with Gasteiger partial charge in [-0.05, 0) is 30.3 Å². The molecule has 0 atom stereocenters. The molecule has 0 saturated heterocycles. The fraction of sp³-hybridized carbons (Fsp3) is 0.154. The second-order valence-corrected chi connectivity index (χ2v) is 4.17. The van der Waals surface area contributed by atoms with E-state index in [9.17, 15) is 9.18 Å². The summed E-state index contributed by atoms with van der Waals surface area (Å²) in [7, 11) is 0. The molecule has 0 amide bonds. The third-order valence-electron chi connectivity index (χ3n) is 2.80. The lowest BCUT2D eigenvalue weighted by atomic mass is 10.2. The molecule has 0 N–H and O–H groups in total. The summed E-state index contributed by atoms with van der Waals surface area (Å²) in [5.41, 5.74) is 0.557. The topological polar surface area (TPSA) is 65.8 Å². The molecule has 2 aromatic heterocycles. The third-order valence-corrected chi connectivity index (χ3v) is 2.80. The molecule has 7 heteroatoms. The molecule has 1 aromatic carbocycles. The van der Waals surface area contributed by atoms with Crippen molar-refractivity contribution >= 4 is 0 Å². The summed E-state index contributed by atoms with van der Waals surface area (Å²) < 4.78 is 20.8. The van der Waals surface area contributed by atoms with Crippen LogP contribution in [0.1, 0.15) is 0 Å². The van der Waals surface area contributed by atoms with Crippen LogP contribution in [-0.2, 0) is 13.1 Å². The van der Waals surface area contributed by atoms with Crippen LogP contribution in [0.25, 0.3) is 11.5 Å². The van der Waals surface area contributed by atoms with Gasteiger partial charge in [0.05, 0.1) is 13.1 Å². The van der Waals surface area contributed by atoms with Crippen LogP contribution in [0.3, 0.4) is 0 Å². The van der Waals surface area contributed by atoms with E-state index < -0.39 is 5.76 Å². The highest BCUT2D eigenvalue weighted by molar-refractivity contribution is 5.51. The Kier molecular flexibility index (Phi) is 3.16. The molecule has 3 aromatic rings. The van der Waals surface area contributed by atoms with Crippen LogP contribution in [0.5, 0.6) is 0 Å². The van der Waals surface area contributed by atoms with Crippen LogP contribution in [-0.4, -0.2) is 19.6 Å². The Balaban J connectivity index is 1.80. The van der Waals surface area contributed by atoms with Gasteiger partial charge in [0, 0.05) is 18.0 Å². The van der Waals surface area contributed by atoms with Crippen molar-refractivity contribution in [2.75, 3.05) is 0 Å². The first-order chi connectivity index (χ1) is 9.72. The maximum absolute atomic E-state index is 12.8. The predicted octanol–water partition coefficient (Wildman–Crippen LogP) is 1.54. The van der Waals surface area contributed by atoms with E-state index in [0.29, 0.717) is 18.7 Å². The van der Waals surface area contributed by atoms with Crippen molar-refractivity contribution < 1.29 is 8.81 Å². The Morgan fingerprint density at radius 1 is 1.20 bits per heavy atom. The van der Waals surface area contributed by atoms with Crippen LogP contribution >= 0.6 is 0 Å². The lowest BCUT2D eigenvalue weighted by Gasteiger charge is -1.99. The van der Waals surface area contributed by atoms with Crippen LogP contribution in [0.2, 0.25) is 0 Å². The summed E-state index contributed by atoms with van der Waals surface area (Å²) in [5, 5.41) is 8.12. The third kappa shape index (κ3) is 2.51. The molecule has 0 spiro atoms. The zero-order chi connectivity index (χ0) is 13.9. The number of halogens is 1. The molecule has 6 nitrogen and oxygen atoms in total. The van der Waals surface area contributed by atoms with Gasteiger partial charge in [0.1, 0.15) is 5.82 Å². The molecule has 0 bridgehead atoms. The Morgan fingerprint density at radius 2 is 2.00 bits per heavy atom. The van der Waals surface area contributed by atoms with Crippen LogP contribution in [0.15, 0.2) is 51.9 Å². The summed E-state index contributed by atoms with van der Waals surface area (Å²) in [4.78, 5) is 11.7. The highest BCUT2D eigenvalue weighted by atomic mass is 19.1. The van der Waals surface area contributed by atoms with E-state index in [4.69, 9.17) is 4.42 Å². The minimum atomic E-state index is -0.545. The molecule has 3 rings (SSSR count). The van der Waals surface area contributed by atoms with Gasteiger partial charge >= 0.3 is 5.76 Å². The van der Waals surface area contributed by atoms with E-state index in [0.717, 1.165) is 0 Å². The molecular formula is C13H11FN4O2. The zero-order valence-electron chi connectivity index (χ0n) is 10.4.